The molecule has 3 rings (SSSR count). The first-order valence-corrected chi connectivity index (χ1v) is 9.06. The van der Waals surface area contributed by atoms with Gasteiger partial charge in [-0.3, -0.25) is 4.79 Å². The molecule has 0 saturated heterocycles. The average molecular weight is 351 g/mol. The summed E-state index contributed by atoms with van der Waals surface area (Å²) < 4.78 is 0. The number of hydrogen-bond acceptors (Lipinski definition) is 4. The number of hydrogen-bond donors (Lipinski definition) is 1. The van der Waals surface area contributed by atoms with Crippen LogP contribution >= 0.6 is 0 Å². The van der Waals surface area contributed by atoms with Crippen molar-refractivity contribution in [3.05, 3.63) is 65.7 Å². The molecule has 1 heterocycles. The third kappa shape index (κ3) is 5.09. The summed E-state index contributed by atoms with van der Waals surface area (Å²) in [6.07, 6.45) is 4.82. The van der Waals surface area contributed by atoms with Crippen LogP contribution in [0, 0.1) is 5.92 Å². The highest BCUT2D eigenvalue weighted by Crippen LogP contribution is 2.16. The molecule has 2 aromatic rings. The fraction of sp³-hybridized carbons (Fsp3) is 0.333. The fourth-order valence-electron chi connectivity index (χ4n) is 3.09. The van der Waals surface area contributed by atoms with E-state index in [1.54, 1.807) is 24.3 Å². The van der Waals surface area contributed by atoms with E-state index in [-0.39, 0.29) is 5.91 Å². The summed E-state index contributed by atoms with van der Waals surface area (Å²) in [4.78, 5) is 19.9. The molecule has 0 fully saturated rings. The molecule has 5 nitrogen and oxygen atoms in total. The third-order valence-corrected chi connectivity index (χ3v) is 4.59. The molecule has 26 heavy (non-hydrogen) atoms. The van der Waals surface area contributed by atoms with Crippen LogP contribution in [0.15, 0.2) is 59.8 Å². The SMILES string of the molecule is Nc1ccc(C(=O)N(CCCC2C=NOCC2)Cc2ccccc2)cc1. The molecule has 0 saturated carbocycles. The molecule has 1 unspecified atom stereocenters. The van der Waals surface area contributed by atoms with Crippen LogP contribution in [0.2, 0.25) is 0 Å². The van der Waals surface area contributed by atoms with Crippen molar-refractivity contribution in [1.82, 2.24) is 4.90 Å². The van der Waals surface area contributed by atoms with Gasteiger partial charge in [-0.1, -0.05) is 35.5 Å². The Hall–Kier alpha value is -2.82. The standard InChI is InChI=1S/C21H25N3O2/c22-20-10-8-19(9-11-20)21(25)24(16-18-5-2-1-3-6-18)13-4-7-17-12-14-26-23-15-17/h1-3,5-6,8-11,15,17H,4,7,12-14,16,22H2. The van der Waals surface area contributed by atoms with E-state index in [4.69, 9.17) is 10.6 Å². The van der Waals surface area contributed by atoms with Crippen molar-refractivity contribution in [2.75, 3.05) is 18.9 Å². The highest BCUT2D eigenvalue weighted by Gasteiger charge is 2.17. The Balaban J connectivity index is 1.66. The molecule has 0 aliphatic carbocycles. The van der Waals surface area contributed by atoms with Gasteiger partial charge in [-0.2, -0.15) is 0 Å². The lowest BCUT2D eigenvalue weighted by atomic mass is 10.0. The summed E-state index contributed by atoms with van der Waals surface area (Å²) >= 11 is 0. The number of oxime groups is 1. The predicted octanol–water partition coefficient (Wildman–Crippen LogP) is 3.71. The number of carbonyl (C=O) groups is 1. The van der Waals surface area contributed by atoms with Crippen LogP contribution in [-0.4, -0.2) is 30.2 Å². The predicted molar refractivity (Wildman–Crippen MR) is 104 cm³/mol. The van der Waals surface area contributed by atoms with E-state index < -0.39 is 0 Å². The molecule has 1 amide bonds. The first-order chi connectivity index (χ1) is 12.7. The number of nitrogen functional groups attached to an aromatic ring is 1. The molecule has 1 atom stereocenters. The molecule has 2 aromatic carbocycles. The van der Waals surface area contributed by atoms with Crippen molar-refractivity contribution in [3.63, 3.8) is 0 Å². The van der Waals surface area contributed by atoms with Crippen LogP contribution in [0.5, 0.6) is 0 Å². The maximum Gasteiger partial charge on any atom is 0.254 e. The molecule has 136 valence electrons. The second-order valence-electron chi connectivity index (χ2n) is 6.61. The lowest BCUT2D eigenvalue weighted by Gasteiger charge is -2.24. The lowest BCUT2D eigenvalue weighted by molar-refractivity contribution is 0.0736. The molecular formula is C21H25N3O2. The van der Waals surface area contributed by atoms with Crippen molar-refractivity contribution in [3.8, 4) is 0 Å². The highest BCUT2D eigenvalue weighted by molar-refractivity contribution is 5.94. The molecule has 0 radical (unpaired) electrons. The van der Waals surface area contributed by atoms with Gasteiger partial charge in [0.05, 0.1) is 0 Å². The van der Waals surface area contributed by atoms with Crippen molar-refractivity contribution < 1.29 is 9.63 Å². The number of rotatable bonds is 7. The van der Waals surface area contributed by atoms with Crippen LogP contribution in [0.1, 0.15) is 35.2 Å². The second kappa shape index (κ2) is 9.04. The van der Waals surface area contributed by atoms with Crippen LogP contribution in [-0.2, 0) is 11.4 Å². The normalized spacial score (nSPS) is 16.1. The zero-order chi connectivity index (χ0) is 18.2. The number of benzene rings is 2. The van der Waals surface area contributed by atoms with Gasteiger partial charge in [0, 0.05) is 36.5 Å². The molecule has 0 aromatic heterocycles. The van der Waals surface area contributed by atoms with E-state index in [0.29, 0.717) is 36.9 Å². The molecule has 1 aliphatic rings. The lowest BCUT2D eigenvalue weighted by Crippen LogP contribution is -2.32. The van der Waals surface area contributed by atoms with Crippen LogP contribution in [0.4, 0.5) is 5.69 Å². The van der Waals surface area contributed by atoms with Crippen molar-refractivity contribution in [1.29, 1.82) is 0 Å². The maximum absolute atomic E-state index is 13.0. The third-order valence-electron chi connectivity index (χ3n) is 4.59. The van der Waals surface area contributed by atoms with E-state index >= 15 is 0 Å². The average Bonchev–Trinajstić information content (AvgIpc) is 2.69. The molecule has 0 spiro atoms. The molecular weight excluding hydrogens is 326 g/mol. The Bertz CT molecular complexity index is 729. The van der Waals surface area contributed by atoms with Crippen LogP contribution in [0.3, 0.4) is 0 Å². The summed E-state index contributed by atoms with van der Waals surface area (Å²) in [5.74, 6) is 0.475. The Labute approximate surface area is 154 Å². The first kappa shape index (κ1) is 18.0. The molecule has 5 heteroatoms. The smallest absolute Gasteiger partial charge is 0.254 e. The minimum absolute atomic E-state index is 0.0366. The zero-order valence-electron chi connectivity index (χ0n) is 14.9. The fourth-order valence-corrected chi connectivity index (χ4v) is 3.09. The van der Waals surface area contributed by atoms with Gasteiger partial charge in [0.2, 0.25) is 0 Å². The van der Waals surface area contributed by atoms with Gasteiger partial charge >= 0.3 is 0 Å². The Morgan fingerprint density at radius 3 is 2.62 bits per heavy atom. The summed E-state index contributed by atoms with van der Waals surface area (Å²) in [5.41, 5.74) is 8.20. The van der Waals surface area contributed by atoms with Crippen molar-refractivity contribution in [2.45, 2.75) is 25.8 Å². The maximum atomic E-state index is 13.0. The van der Waals surface area contributed by atoms with E-state index in [1.807, 2.05) is 41.4 Å². The molecule has 2 N–H and O–H groups in total. The quantitative estimate of drug-likeness (QED) is 0.773. The minimum Gasteiger partial charge on any atom is -0.399 e. The Morgan fingerprint density at radius 1 is 1.15 bits per heavy atom. The van der Waals surface area contributed by atoms with E-state index in [2.05, 4.69) is 5.16 Å². The van der Waals surface area contributed by atoms with Crippen LogP contribution in [0.25, 0.3) is 0 Å². The summed E-state index contributed by atoms with van der Waals surface area (Å²) in [6.45, 7) is 1.99. The monoisotopic (exact) mass is 351 g/mol. The highest BCUT2D eigenvalue weighted by atomic mass is 16.6. The summed E-state index contributed by atoms with van der Waals surface area (Å²) in [7, 11) is 0. The Morgan fingerprint density at radius 2 is 1.92 bits per heavy atom. The van der Waals surface area contributed by atoms with Crippen molar-refractivity contribution in [2.24, 2.45) is 11.1 Å². The number of carbonyl (C=O) groups excluding carboxylic acids is 1. The van der Waals surface area contributed by atoms with Gasteiger partial charge in [-0.15, -0.1) is 0 Å². The van der Waals surface area contributed by atoms with Crippen LogP contribution < -0.4 is 5.73 Å². The summed E-state index contributed by atoms with van der Waals surface area (Å²) in [5, 5.41) is 3.90. The number of nitrogens with two attached hydrogens (primary N) is 1. The topological polar surface area (TPSA) is 67.9 Å². The van der Waals surface area contributed by atoms with Gasteiger partial charge in [0.1, 0.15) is 6.61 Å². The second-order valence-corrected chi connectivity index (χ2v) is 6.61. The number of amides is 1. The Kier molecular flexibility index (Phi) is 6.25. The van der Waals surface area contributed by atoms with Gasteiger partial charge in [0.15, 0.2) is 0 Å². The molecule has 0 bridgehead atoms. The van der Waals surface area contributed by atoms with Gasteiger partial charge < -0.3 is 15.5 Å². The minimum atomic E-state index is 0.0366. The van der Waals surface area contributed by atoms with E-state index in [0.717, 1.165) is 24.8 Å². The molecule has 1 aliphatic heterocycles. The van der Waals surface area contributed by atoms with E-state index in [9.17, 15) is 4.79 Å². The largest absolute Gasteiger partial charge is 0.399 e. The first-order valence-electron chi connectivity index (χ1n) is 9.06. The van der Waals surface area contributed by atoms with Crippen molar-refractivity contribution >= 4 is 17.8 Å². The van der Waals surface area contributed by atoms with Gasteiger partial charge in [-0.25, -0.2) is 0 Å². The van der Waals surface area contributed by atoms with Gasteiger partial charge in [-0.05, 0) is 49.1 Å². The van der Waals surface area contributed by atoms with Gasteiger partial charge in [0.25, 0.3) is 5.91 Å². The number of nitrogens with zero attached hydrogens (tertiary/aromatic N) is 2. The number of anilines is 1. The summed E-state index contributed by atoms with van der Waals surface area (Å²) in [6, 6.07) is 17.2. The van der Waals surface area contributed by atoms with E-state index in [1.165, 1.54) is 0 Å². The zero-order valence-corrected chi connectivity index (χ0v) is 14.9.